The molecular weight excluding hydrogens is 376 g/mol. The summed E-state index contributed by atoms with van der Waals surface area (Å²) in [6.45, 7) is 0.137. The first kappa shape index (κ1) is 17.9. The Hall–Kier alpha value is -2.41. The molecule has 0 heterocycles. The van der Waals surface area contributed by atoms with Crippen molar-refractivity contribution in [3.05, 3.63) is 40.9 Å². The Kier molecular flexibility index (Phi) is 6.31. The summed E-state index contributed by atoms with van der Waals surface area (Å²) in [7, 11) is 4.58. The Labute approximate surface area is 149 Å². The zero-order valence-electron chi connectivity index (χ0n) is 13.7. The summed E-state index contributed by atoms with van der Waals surface area (Å²) in [5.41, 5.74) is 1.42. The van der Waals surface area contributed by atoms with Crippen LogP contribution < -0.4 is 24.8 Å². The largest absolute Gasteiger partial charge is 0.493 e. The molecule has 24 heavy (non-hydrogen) atoms. The molecule has 128 valence electrons. The lowest BCUT2D eigenvalue weighted by Gasteiger charge is -2.15. The fraction of sp³-hybridized carbons (Fsp3) is 0.235. The molecule has 0 aromatic heterocycles. The second kappa shape index (κ2) is 8.44. The maximum Gasteiger partial charge on any atom is 0.243 e. The van der Waals surface area contributed by atoms with Gasteiger partial charge >= 0.3 is 0 Å². The molecule has 2 aromatic rings. The van der Waals surface area contributed by atoms with Gasteiger partial charge in [-0.1, -0.05) is 15.9 Å². The SMILES string of the molecule is COc1cc(NC(=O)CNc2ccc(Br)cc2)cc(OC)c1OC. The van der Waals surface area contributed by atoms with Crippen LogP contribution >= 0.6 is 15.9 Å². The average molecular weight is 395 g/mol. The van der Waals surface area contributed by atoms with E-state index in [9.17, 15) is 4.79 Å². The van der Waals surface area contributed by atoms with Crippen LogP contribution in [0.25, 0.3) is 0 Å². The molecule has 2 aromatic carbocycles. The zero-order chi connectivity index (χ0) is 17.5. The Balaban J connectivity index is 2.04. The highest BCUT2D eigenvalue weighted by atomic mass is 79.9. The van der Waals surface area contributed by atoms with Gasteiger partial charge in [-0.25, -0.2) is 0 Å². The van der Waals surface area contributed by atoms with Crippen LogP contribution in [-0.2, 0) is 4.79 Å². The van der Waals surface area contributed by atoms with E-state index in [1.165, 1.54) is 21.3 Å². The van der Waals surface area contributed by atoms with Crippen LogP contribution in [-0.4, -0.2) is 33.8 Å². The number of hydrogen-bond acceptors (Lipinski definition) is 5. The van der Waals surface area contributed by atoms with E-state index in [0.717, 1.165) is 10.2 Å². The number of carbonyl (C=O) groups excluding carboxylic acids is 1. The summed E-state index contributed by atoms with van der Waals surface area (Å²) >= 11 is 3.37. The second-order valence-electron chi connectivity index (χ2n) is 4.82. The van der Waals surface area contributed by atoms with Gasteiger partial charge in [0.25, 0.3) is 0 Å². The summed E-state index contributed by atoms with van der Waals surface area (Å²) in [6.07, 6.45) is 0. The Morgan fingerprint density at radius 3 is 2.04 bits per heavy atom. The first-order valence-corrected chi connectivity index (χ1v) is 7.96. The molecule has 6 nitrogen and oxygen atoms in total. The van der Waals surface area contributed by atoms with Crippen molar-refractivity contribution < 1.29 is 19.0 Å². The normalized spacial score (nSPS) is 10.0. The number of anilines is 2. The molecule has 0 aliphatic heterocycles. The smallest absolute Gasteiger partial charge is 0.243 e. The molecule has 0 aliphatic carbocycles. The predicted molar refractivity (Wildman–Crippen MR) is 97.4 cm³/mol. The molecule has 1 amide bonds. The Bertz CT molecular complexity index is 679. The lowest BCUT2D eigenvalue weighted by atomic mass is 10.2. The molecule has 0 spiro atoms. The number of rotatable bonds is 7. The van der Waals surface area contributed by atoms with Crippen LogP contribution in [0.15, 0.2) is 40.9 Å². The highest BCUT2D eigenvalue weighted by Gasteiger charge is 2.14. The van der Waals surface area contributed by atoms with Gasteiger partial charge < -0.3 is 24.8 Å². The summed E-state index contributed by atoms with van der Waals surface area (Å²) in [5.74, 6) is 1.25. The monoisotopic (exact) mass is 394 g/mol. The van der Waals surface area contributed by atoms with Crippen molar-refractivity contribution in [1.82, 2.24) is 0 Å². The van der Waals surface area contributed by atoms with Gasteiger partial charge in [0.2, 0.25) is 11.7 Å². The van der Waals surface area contributed by atoms with Crippen LogP contribution in [0, 0.1) is 0 Å². The van der Waals surface area contributed by atoms with Crippen molar-refractivity contribution in [3.63, 3.8) is 0 Å². The van der Waals surface area contributed by atoms with Gasteiger partial charge in [0.05, 0.1) is 27.9 Å². The molecule has 0 aliphatic rings. The Morgan fingerprint density at radius 1 is 0.958 bits per heavy atom. The van der Waals surface area contributed by atoms with Crippen molar-refractivity contribution in [2.45, 2.75) is 0 Å². The van der Waals surface area contributed by atoms with Crippen molar-refractivity contribution >= 4 is 33.2 Å². The number of ether oxygens (including phenoxy) is 3. The summed E-state index contributed by atoms with van der Waals surface area (Å²) < 4.78 is 16.8. The van der Waals surface area contributed by atoms with Crippen molar-refractivity contribution in [1.29, 1.82) is 0 Å². The lowest BCUT2D eigenvalue weighted by molar-refractivity contribution is -0.114. The average Bonchev–Trinajstić information content (AvgIpc) is 2.60. The highest BCUT2D eigenvalue weighted by molar-refractivity contribution is 9.10. The standard InChI is InChI=1S/C17H19BrN2O4/c1-22-14-8-13(9-15(23-2)17(14)24-3)20-16(21)10-19-12-6-4-11(18)5-7-12/h4-9,19H,10H2,1-3H3,(H,20,21). The highest BCUT2D eigenvalue weighted by Crippen LogP contribution is 2.39. The van der Waals surface area contributed by atoms with Crippen molar-refractivity contribution in [2.75, 3.05) is 38.5 Å². The molecule has 0 unspecified atom stereocenters. The van der Waals surface area contributed by atoms with Crippen LogP contribution in [0.3, 0.4) is 0 Å². The predicted octanol–water partition coefficient (Wildman–Crippen LogP) is 3.53. The van der Waals surface area contributed by atoms with E-state index in [4.69, 9.17) is 14.2 Å². The molecule has 0 saturated heterocycles. The fourth-order valence-electron chi connectivity index (χ4n) is 2.11. The summed E-state index contributed by atoms with van der Waals surface area (Å²) in [6, 6.07) is 10.9. The van der Waals surface area contributed by atoms with Crippen LogP contribution in [0.5, 0.6) is 17.2 Å². The summed E-state index contributed by atoms with van der Waals surface area (Å²) in [5, 5.41) is 5.85. The van der Waals surface area contributed by atoms with Gasteiger partial charge in [0.15, 0.2) is 11.5 Å². The number of halogens is 1. The maximum absolute atomic E-state index is 12.1. The Morgan fingerprint density at radius 2 is 1.54 bits per heavy atom. The van der Waals surface area contributed by atoms with E-state index >= 15 is 0 Å². The quantitative estimate of drug-likeness (QED) is 0.751. The lowest BCUT2D eigenvalue weighted by Crippen LogP contribution is -2.21. The van der Waals surface area contributed by atoms with Gasteiger partial charge in [-0.15, -0.1) is 0 Å². The number of hydrogen-bond donors (Lipinski definition) is 2. The van der Waals surface area contributed by atoms with E-state index in [1.54, 1.807) is 12.1 Å². The van der Waals surface area contributed by atoms with Crippen molar-refractivity contribution in [3.8, 4) is 17.2 Å². The first-order chi connectivity index (χ1) is 11.6. The number of methoxy groups -OCH3 is 3. The molecule has 2 N–H and O–H groups in total. The number of benzene rings is 2. The molecule has 0 radical (unpaired) electrons. The minimum atomic E-state index is -0.188. The van der Waals surface area contributed by atoms with Gasteiger partial charge in [-0.2, -0.15) is 0 Å². The molecule has 7 heteroatoms. The van der Waals surface area contributed by atoms with Crippen LogP contribution in [0.1, 0.15) is 0 Å². The van der Waals surface area contributed by atoms with Gasteiger partial charge in [0, 0.05) is 28.0 Å². The molecule has 0 atom stereocenters. The fourth-order valence-corrected chi connectivity index (χ4v) is 2.37. The summed E-state index contributed by atoms with van der Waals surface area (Å²) in [4.78, 5) is 12.1. The minimum absolute atomic E-state index is 0.137. The third kappa shape index (κ3) is 4.55. The van der Waals surface area contributed by atoms with E-state index in [0.29, 0.717) is 22.9 Å². The van der Waals surface area contributed by atoms with Crippen LogP contribution in [0.2, 0.25) is 0 Å². The van der Waals surface area contributed by atoms with Gasteiger partial charge in [-0.05, 0) is 24.3 Å². The molecular formula is C17H19BrN2O4. The van der Waals surface area contributed by atoms with E-state index < -0.39 is 0 Å². The first-order valence-electron chi connectivity index (χ1n) is 7.16. The zero-order valence-corrected chi connectivity index (χ0v) is 15.3. The van der Waals surface area contributed by atoms with E-state index in [1.807, 2.05) is 24.3 Å². The molecule has 0 saturated carbocycles. The van der Waals surface area contributed by atoms with E-state index in [2.05, 4.69) is 26.6 Å². The second-order valence-corrected chi connectivity index (χ2v) is 5.74. The maximum atomic E-state index is 12.1. The third-order valence-electron chi connectivity index (χ3n) is 3.25. The van der Waals surface area contributed by atoms with Gasteiger partial charge in [-0.3, -0.25) is 4.79 Å². The number of nitrogens with one attached hydrogen (secondary N) is 2. The molecule has 0 bridgehead atoms. The third-order valence-corrected chi connectivity index (χ3v) is 3.77. The number of amides is 1. The molecule has 0 fully saturated rings. The minimum Gasteiger partial charge on any atom is -0.493 e. The van der Waals surface area contributed by atoms with Gasteiger partial charge in [0.1, 0.15) is 0 Å². The molecule has 2 rings (SSSR count). The van der Waals surface area contributed by atoms with E-state index in [-0.39, 0.29) is 12.5 Å². The number of carbonyl (C=O) groups is 1. The topological polar surface area (TPSA) is 68.8 Å². The van der Waals surface area contributed by atoms with Crippen LogP contribution in [0.4, 0.5) is 11.4 Å². The van der Waals surface area contributed by atoms with Crippen molar-refractivity contribution in [2.24, 2.45) is 0 Å².